The Balaban J connectivity index is 1.55. The van der Waals surface area contributed by atoms with Crippen LogP contribution in [0, 0.1) is 6.92 Å². The van der Waals surface area contributed by atoms with Gasteiger partial charge in [0, 0.05) is 34.5 Å². The average molecular weight is 556 g/mol. The molecule has 4 rings (SSSR count). The van der Waals surface area contributed by atoms with Gasteiger partial charge in [-0.05, 0) is 25.5 Å². The molecule has 1 aliphatic heterocycles. The Bertz CT molecular complexity index is 1320. The molecule has 3 aromatic rings. The molecule has 12 heteroatoms. The lowest BCUT2D eigenvalue weighted by molar-refractivity contribution is -0.274. The molecule has 1 unspecified atom stereocenters. The van der Waals surface area contributed by atoms with E-state index in [1.54, 1.807) is 30.0 Å². The third-order valence-corrected chi connectivity index (χ3v) is 6.60. The molecule has 0 saturated carbocycles. The summed E-state index contributed by atoms with van der Waals surface area (Å²) in [6.45, 7) is 4.04. The number of halogens is 5. The number of nitrogens with zero attached hydrogens (tertiary/aromatic N) is 3. The van der Waals surface area contributed by atoms with E-state index < -0.39 is 18.2 Å². The van der Waals surface area contributed by atoms with Gasteiger partial charge in [-0.1, -0.05) is 42.6 Å². The van der Waals surface area contributed by atoms with Gasteiger partial charge in [0.05, 0.1) is 28.8 Å². The highest BCUT2D eigenvalue weighted by atomic mass is 35.5. The van der Waals surface area contributed by atoms with Gasteiger partial charge in [-0.15, -0.1) is 13.2 Å². The van der Waals surface area contributed by atoms with Crippen molar-refractivity contribution >= 4 is 35.4 Å². The zero-order valence-electron chi connectivity index (χ0n) is 19.8. The summed E-state index contributed by atoms with van der Waals surface area (Å²) in [4.78, 5) is 26.0. The van der Waals surface area contributed by atoms with Crippen LogP contribution in [-0.2, 0) is 17.9 Å². The molecule has 1 atom stereocenters. The first-order valence-corrected chi connectivity index (χ1v) is 12.1. The minimum atomic E-state index is -4.89. The second-order valence-electron chi connectivity index (χ2n) is 8.45. The molecule has 0 fully saturated rings. The van der Waals surface area contributed by atoms with Crippen molar-refractivity contribution in [3.8, 4) is 17.2 Å². The molecule has 1 amide bonds. The van der Waals surface area contributed by atoms with Crippen LogP contribution in [0.3, 0.4) is 0 Å². The highest BCUT2D eigenvalue weighted by Gasteiger charge is 2.34. The van der Waals surface area contributed by atoms with Crippen molar-refractivity contribution in [3.63, 3.8) is 0 Å². The summed E-state index contributed by atoms with van der Waals surface area (Å²) in [6.07, 6.45) is -1.21. The van der Waals surface area contributed by atoms with Crippen molar-refractivity contribution in [1.82, 2.24) is 14.7 Å². The Morgan fingerprint density at radius 1 is 1.22 bits per heavy atom. The minimum Gasteiger partial charge on any atom is -0.488 e. The predicted molar refractivity (Wildman–Crippen MR) is 130 cm³/mol. The van der Waals surface area contributed by atoms with Crippen LogP contribution in [0.1, 0.15) is 46.9 Å². The fourth-order valence-corrected chi connectivity index (χ4v) is 4.85. The molecule has 0 bridgehead atoms. The quantitative estimate of drug-likeness (QED) is 0.290. The van der Waals surface area contributed by atoms with Crippen LogP contribution >= 0.6 is 23.2 Å². The lowest BCUT2D eigenvalue weighted by Crippen LogP contribution is -2.36. The van der Waals surface area contributed by atoms with Gasteiger partial charge in [0.1, 0.15) is 30.1 Å². The summed E-state index contributed by atoms with van der Waals surface area (Å²) in [6, 6.07) is 6.69. The Kier molecular flexibility index (Phi) is 7.70. The van der Waals surface area contributed by atoms with Crippen LogP contribution < -0.4 is 9.47 Å². The lowest BCUT2D eigenvalue weighted by atomic mass is 10.1. The van der Waals surface area contributed by atoms with Gasteiger partial charge >= 0.3 is 6.36 Å². The second kappa shape index (κ2) is 10.6. The number of hydrogen-bond donors (Lipinski definition) is 0. The summed E-state index contributed by atoms with van der Waals surface area (Å²) < 4.78 is 49.0. The summed E-state index contributed by atoms with van der Waals surface area (Å²) in [5, 5.41) is 4.12. The molecule has 0 aliphatic carbocycles. The standard InChI is InChI=1S/C25H22Cl2F3N3O4/c1-3-5-16(12-34)32-11-19-18(24(32)35)6-4-7-22(19)36-13-15-10-31-33(14(15)2)23-20(26)8-17(9-21(23)27)37-25(28,29)30/h4,6-10,12,16H,3,5,11,13H2,1-2H3. The number of rotatable bonds is 9. The van der Waals surface area contributed by atoms with E-state index in [1.165, 1.54) is 10.9 Å². The number of fused-ring (bicyclic) bond motifs is 1. The van der Waals surface area contributed by atoms with Crippen LogP contribution in [-0.4, -0.2) is 39.3 Å². The van der Waals surface area contributed by atoms with E-state index in [0.717, 1.165) is 24.8 Å². The van der Waals surface area contributed by atoms with Crippen LogP contribution in [0.25, 0.3) is 5.69 Å². The van der Waals surface area contributed by atoms with Gasteiger partial charge < -0.3 is 19.2 Å². The third kappa shape index (κ3) is 5.55. The van der Waals surface area contributed by atoms with E-state index in [-0.39, 0.29) is 34.8 Å². The molecule has 0 spiro atoms. The maximum atomic E-state index is 12.9. The summed E-state index contributed by atoms with van der Waals surface area (Å²) in [7, 11) is 0. The van der Waals surface area contributed by atoms with Gasteiger partial charge in [0.2, 0.25) is 0 Å². The number of aromatic nitrogens is 2. The van der Waals surface area contributed by atoms with Crippen LogP contribution in [0.2, 0.25) is 10.0 Å². The SMILES string of the molecule is CCCC(C=O)N1Cc2c(OCc3cnn(-c4c(Cl)cc(OC(F)(F)F)cc4Cl)c3C)cccc2C1=O. The first kappa shape index (κ1) is 26.8. The molecular weight excluding hydrogens is 534 g/mol. The highest BCUT2D eigenvalue weighted by molar-refractivity contribution is 6.38. The van der Waals surface area contributed by atoms with Gasteiger partial charge in [0.25, 0.3) is 5.91 Å². The van der Waals surface area contributed by atoms with Gasteiger partial charge in [-0.25, -0.2) is 4.68 Å². The number of benzene rings is 2. The molecule has 1 aromatic heterocycles. The molecule has 37 heavy (non-hydrogen) atoms. The Morgan fingerprint density at radius 2 is 1.92 bits per heavy atom. The summed E-state index contributed by atoms with van der Waals surface area (Å²) in [5.74, 6) is -0.250. The minimum absolute atomic E-state index is 0.0817. The van der Waals surface area contributed by atoms with Crippen molar-refractivity contribution in [3.05, 3.63) is 69.0 Å². The zero-order valence-corrected chi connectivity index (χ0v) is 21.3. The summed E-state index contributed by atoms with van der Waals surface area (Å²) >= 11 is 12.4. The number of amides is 1. The lowest BCUT2D eigenvalue weighted by Gasteiger charge is -2.22. The van der Waals surface area contributed by atoms with Crippen molar-refractivity contribution < 1.29 is 32.2 Å². The number of aldehydes is 1. The maximum absolute atomic E-state index is 12.9. The van der Waals surface area contributed by atoms with Crippen molar-refractivity contribution in [2.24, 2.45) is 0 Å². The number of ether oxygens (including phenoxy) is 2. The number of alkyl halides is 3. The first-order chi connectivity index (χ1) is 17.5. The molecule has 0 radical (unpaired) electrons. The van der Waals surface area contributed by atoms with Gasteiger partial charge in [-0.3, -0.25) is 4.79 Å². The molecule has 0 saturated heterocycles. The normalized spacial score (nSPS) is 14.0. The Labute approximate surface area is 220 Å². The fourth-order valence-electron chi connectivity index (χ4n) is 4.23. The van der Waals surface area contributed by atoms with Crippen LogP contribution in [0.4, 0.5) is 13.2 Å². The molecule has 196 valence electrons. The van der Waals surface area contributed by atoms with Crippen molar-refractivity contribution in [2.45, 2.75) is 52.2 Å². The number of hydrogen-bond acceptors (Lipinski definition) is 5. The van der Waals surface area contributed by atoms with Crippen molar-refractivity contribution in [1.29, 1.82) is 0 Å². The smallest absolute Gasteiger partial charge is 0.488 e. The predicted octanol–water partition coefficient (Wildman–Crippen LogP) is 6.29. The second-order valence-corrected chi connectivity index (χ2v) is 9.26. The number of carbonyl (C=O) groups is 2. The fraction of sp³-hybridized carbons (Fsp3) is 0.320. The molecule has 0 N–H and O–H groups in total. The average Bonchev–Trinajstić information content (AvgIpc) is 3.35. The topological polar surface area (TPSA) is 73.7 Å². The van der Waals surface area contributed by atoms with E-state index >= 15 is 0 Å². The molecule has 7 nitrogen and oxygen atoms in total. The first-order valence-electron chi connectivity index (χ1n) is 11.3. The van der Waals surface area contributed by atoms with E-state index in [1.807, 2.05) is 6.92 Å². The molecular formula is C25H22Cl2F3N3O4. The van der Waals surface area contributed by atoms with Crippen LogP contribution in [0.15, 0.2) is 36.5 Å². The monoisotopic (exact) mass is 555 g/mol. The van der Waals surface area contributed by atoms with Crippen LogP contribution in [0.5, 0.6) is 11.5 Å². The molecule has 1 aliphatic rings. The number of carbonyl (C=O) groups excluding carboxylic acids is 2. The van der Waals surface area contributed by atoms with Gasteiger partial charge in [0.15, 0.2) is 0 Å². The van der Waals surface area contributed by atoms with Crippen molar-refractivity contribution in [2.75, 3.05) is 0 Å². The Hall–Kier alpha value is -3.24. The molecule has 2 aromatic carbocycles. The highest BCUT2D eigenvalue weighted by Crippen LogP contribution is 2.37. The maximum Gasteiger partial charge on any atom is 0.573 e. The summed E-state index contributed by atoms with van der Waals surface area (Å²) in [5.41, 5.74) is 2.65. The largest absolute Gasteiger partial charge is 0.573 e. The Morgan fingerprint density at radius 3 is 2.54 bits per heavy atom. The van der Waals surface area contributed by atoms with E-state index in [0.29, 0.717) is 34.6 Å². The zero-order chi connectivity index (χ0) is 26.9. The van der Waals surface area contributed by atoms with E-state index in [4.69, 9.17) is 27.9 Å². The van der Waals surface area contributed by atoms with Gasteiger partial charge in [-0.2, -0.15) is 5.10 Å². The van der Waals surface area contributed by atoms with E-state index in [2.05, 4.69) is 9.84 Å². The molecule has 2 heterocycles. The van der Waals surface area contributed by atoms with E-state index in [9.17, 15) is 22.8 Å². The third-order valence-electron chi connectivity index (χ3n) is 6.03.